The highest BCUT2D eigenvalue weighted by molar-refractivity contribution is 5.79. The first-order valence-electron chi connectivity index (χ1n) is 11.5. The maximum Gasteiger partial charge on any atom is 0.296 e. The van der Waals surface area contributed by atoms with Crippen molar-refractivity contribution in [3.8, 4) is 5.82 Å². The van der Waals surface area contributed by atoms with Crippen molar-refractivity contribution in [2.45, 2.75) is 51.1 Å². The van der Waals surface area contributed by atoms with Crippen LogP contribution >= 0.6 is 0 Å². The number of hydrogen-bond donors (Lipinski definition) is 2. The Morgan fingerprint density at radius 2 is 1.82 bits per heavy atom. The Labute approximate surface area is 191 Å². The fourth-order valence-corrected chi connectivity index (χ4v) is 4.58. The molecule has 0 radical (unpaired) electrons. The smallest absolute Gasteiger partial charge is 0.296 e. The summed E-state index contributed by atoms with van der Waals surface area (Å²) in [4.78, 5) is 15.7. The number of alkyl halides is 2. The second-order valence-electron chi connectivity index (χ2n) is 8.87. The second kappa shape index (κ2) is 9.18. The van der Waals surface area contributed by atoms with Crippen LogP contribution in [0.3, 0.4) is 0 Å². The molecule has 1 aliphatic heterocycles. The van der Waals surface area contributed by atoms with Gasteiger partial charge in [0.25, 0.3) is 6.43 Å². The predicted octanol–water partition coefficient (Wildman–Crippen LogP) is 3.58. The van der Waals surface area contributed by atoms with Gasteiger partial charge >= 0.3 is 0 Å². The molecular formula is C23H29F2N7O. The fourth-order valence-electron chi connectivity index (χ4n) is 4.58. The molecule has 33 heavy (non-hydrogen) atoms. The minimum Gasteiger partial charge on any atom is -0.378 e. The SMILES string of the molecule is Cc1ccc2nc(C(F)F)n(-c3cc(NC4CCC(N)CC4)nc(N4CCOCC4)n3)c2c1. The quantitative estimate of drug-likeness (QED) is 0.605. The van der Waals surface area contributed by atoms with Gasteiger partial charge in [-0.1, -0.05) is 6.07 Å². The molecule has 1 aromatic carbocycles. The molecule has 0 amide bonds. The van der Waals surface area contributed by atoms with Gasteiger partial charge in [-0.2, -0.15) is 9.97 Å². The second-order valence-corrected chi connectivity index (χ2v) is 8.87. The van der Waals surface area contributed by atoms with E-state index in [1.54, 1.807) is 12.1 Å². The minimum atomic E-state index is -2.74. The summed E-state index contributed by atoms with van der Waals surface area (Å²) in [6.07, 6.45) is 1.06. The molecule has 0 bridgehead atoms. The summed E-state index contributed by atoms with van der Waals surface area (Å²) in [5, 5.41) is 3.51. The third kappa shape index (κ3) is 4.63. The Kier molecular flexibility index (Phi) is 6.11. The summed E-state index contributed by atoms with van der Waals surface area (Å²) in [7, 11) is 0. The van der Waals surface area contributed by atoms with Crippen molar-refractivity contribution in [3.05, 3.63) is 35.7 Å². The van der Waals surface area contributed by atoms with E-state index in [4.69, 9.17) is 20.4 Å². The van der Waals surface area contributed by atoms with Gasteiger partial charge in [-0.25, -0.2) is 13.8 Å². The van der Waals surface area contributed by atoms with E-state index < -0.39 is 6.43 Å². The standard InChI is InChI=1S/C23H29F2N7O/c1-14-2-7-17-18(12-14)32(22(28-17)21(24)25)20-13-19(27-16-5-3-15(26)4-6-16)29-23(30-20)31-8-10-33-11-9-31/h2,7,12-13,15-16,21H,3-6,8-11,26H2,1H3,(H,27,29,30). The summed E-state index contributed by atoms with van der Waals surface area (Å²) >= 11 is 0. The van der Waals surface area contributed by atoms with Gasteiger partial charge in [-0.15, -0.1) is 0 Å². The van der Waals surface area contributed by atoms with Gasteiger partial charge in [0, 0.05) is 31.2 Å². The number of halogens is 2. The zero-order chi connectivity index (χ0) is 22.9. The molecular weight excluding hydrogens is 428 g/mol. The molecule has 1 saturated heterocycles. The monoisotopic (exact) mass is 457 g/mol. The van der Waals surface area contributed by atoms with Crippen LogP contribution in [-0.4, -0.2) is 57.9 Å². The highest BCUT2D eigenvalue weighted by Gasteiger charge is 2.25. The third-order valence-electron chi connectivity index (χ3n) is 6.38. The highest BCUT2D eigenvalue weighted by atomic mass is 19.3. The van der Waals surface area contributed by atoms with E-state index >= 15 is 0 Å². The topological polar surface area (TPSA) is 94.1 Å². The van der Waals surface area contributed by atoms with Crippen LogP contribution in [0.4, 0.5) is 20.5 Å². The van der Waals surface area contributed by atoms with Gasteiger partial charge in [-0.05, 0) is 50.3 Å². The zero-order valence-electron chi connectivity index (χ0n) is 18.7. The predicted molar refractivity (Wildman–Crippen MR) is 123 cm³/mol. The van der Waals surface area contributed by atoms with Crippen molar-refractivity contribution < 1.29 is 13.5 Å². The molecule has 2 aliphatic rings. The number of rotatable bonds is 5. The molecule has 3 N–H and O–H groups in total. The normalized spacial score (nSPS) is 21.7. The van der Waals surface area contributed by atoms with Crippen LogP contribution in [0, 0.1) is 6.92 Å². The van der Waals surface area contributed by atoms with Gasteiger partial charge < -0.3 is 20.7 Å². The molecule has 10 heteroatoms. The molecule has 3 aromatic rings. The number of aromatic nitrogens is 4. The van der Waals surface area contributed by atoms with Crippen LogP contribution in [0.15, 0.2) is 24.3 Å². The molecule has 2 fully saturated rings. The maximum atomic E-state index is 14.0. The number of benzene rings is 1. The first-order chi connectivity index (χ1) is 16.0. The molecule has 176 valence electrons. The van der Waals surface area contributed by atoms with Gasteiger partial charge in [0.1, 0.15) is 11.6 Å². The van der Waals surface area contributed by atoms with Crippen LogP contribution in [0.1, 0.15) is 43.5 Å². The lowest BCUT2D eigenvalue weighted by Gasteiger charge is -2.29. The number of ether oxygens (including phenoxy) is 1. The number of hydrogen-bond acceptors (Lipinski definition) is 7. The minimum absolute atomic E-state index is 0.237. The molecule has 0 atom stereocenters. The lowest BCUT2D eigenvalue weighted by molar-refractivity contribution is 0.122. The first kappa shape index (κ1) is 22.0. The molecule has 1 aliphatic carbocycles. The summed E-state index contributed by atoms with van der Waals surface area (Å²) in [6, 6.07) is 7.72. The third-order valence-corrected chi connectivity index (χ3v) is 6.38. The van der Waals surface area contributed by atoms with Crippen LogP contribution in [0.25, 0.3) is 16.9 Å². The molecule has 5 rings (SSSR count). The van der Waals surface area contributed by atoms with Crippen molar-refractivity contribution in [2.75, 3.05) is 36.5 Å². The van der Waals surface area contributed by atoms with Crippen molar-refractivity contribution in [3.63, 3.8) is 0 Å². The lowest BCUT2D eigenvalue weighted by Crippen LogP contribution is -2.38. The number of anilines is 2. The summed E-state index contributed by atoms with van der Waals surface area (Å²) in [6.45, 7) is 4.37. The summed E-state index contributed by atoms with van der Waals surface area (Å²) in [5.74, 6) is 1.18. The van der Waals surface area contributed by atoms with E-state index in [9.17, 15) is 8.78 Å². The molecule has 1 saturated carbocycles. The molecule has 8 nitrogen and oxygen atoms in total. The first-order valence-corrected chi connectivity index (χ1v) is 11.5. The van der Waals surface area contributed by atoms with Crippen LogP contribution in [-0.2, 0) is 4.74 Å². The van der Waals surface area contributed by atoms with Crippen LogP contribution < -0.4 is 16.0 Å². The summed E-state index contributed by atoms with van der Waals surface area (Å²) < 4.78 is 35.0. The van der Waals surface area contributed by atoms with E-state index in [2.05, 4.69) is 10.3 Å². The van der Waals surface area contributed by atoms with Gasteiger partial charge in [-0.3, -0.25) is 4.57 Å². The number of nitrogens with one attached hydrogen (secondary N) is 1. The highest BCUT2D eigenvalue weighted by Crippen LogP contribution is 2.30. The van der Waals surface area contributed by atoms with Crippen LogP contribution in [0.5, 0.6) is 0 Å². The van der Waals surface area contributed by atoms with E-state index in [1.165, 1.54) is 4.57 Å². The van der Waals surface area contributed by atoms with E-state index in [-0.39, 0.29) is 17.9 Å². The van der Waals surface area contributed by atoms with Gasteiger partial charge in [0.15, 0.2) is 5.82 Å². The molecule has 0 unspecified atom stereocenters. The Hall–Kier alpha value is -2.85. The van der Waals surface area contributed by atoms with Crippen molar-refractivity contribution in [1.29, 1.82) is 0 Å². The maximum absolute atomic E-state index is 14.0. The van der Waals surface area contributed by atoms with Crippen molar-refractivity contribution in [2.24, 2.45) is 5.73 Å². The van der Waals surface area contributed by atoms with Crippen LogP contribution in [0.2, 0.25) is 0 Å². The number of morpholine rings is 1. The number of nitrogens with zero attached hydrogens (tertiary/aromatic N) is 5. The Bertz CT molecular complexity index is 1120. The van der Waals surface area contributed by atoms with E-state index in [0.717, 1.165) is 31.2 Å². The van der Waals surface area contributed by atoms with Crippen molar-refractivity contribution >= 4 is 22.8 Å². The Morgan fingerprint density at radius 3 is 2.55 bits per heavy atom. The van der Waals surface area contributed by atoms with Gasteiger partial charge in [0.2, 0.25) is 5.95 Å². The molecule has 3 heterocycles. The number of fused-ring (bicyclic) bond motifs is 1. The largest absolute Gasteiger partial charge is 0.378 e. The average Bonchev–Trinajstić information content (AvgIpc) is 3.20. The van der Waals surface area contributed by atoms with E-state index in [1.807, 2.05) is 24.0 Å². The van der Waals surface area contributed by atoms with Crippen molar-refractivity contribution in [1.82, 2.24) is 19.5 Å². The molecule has 0 spiro atoms. The zero-order valence-corrected chi connectivity index (χ0v) is 18.7. The Balaban J connectivity index is 1.60. The summed E-state index contributed by atoms with van der Waals surface area (Å²) in [5.41, 5.74) is 8.13. The fraction of sp³-hybridized carbons (Fsp3) is 0.522. The number of nitrogens with two attached hydrogens (primary N) is 1. The molecule has 2 aromatic heterocycles. The average molecular weight is 458 g/mol. The number of imidazole rings is 1. The lowest BCUT2D eigenvalue weighted by atomic mass is 9.92. The van der Waals surface area contributed by atoms with Gasteiger partial charge in [0.05, 0.1) is 24.2 Å². The van der Waals surface area contributed by atoms with E-state index in [0.29, 0.717) is 54.9 Å². The number of aryl methyl sites for hydroxylation is 1. The Morgan fingerprint density at radius 1 is 1.06 bits per heavy atom.